The van der Waals surface area contributed by atoms with Crippen molar-refractivity contribution in [3.63, 3.8) is 0 Å². The van der Waals surface area contributed by atoms with E-state index in [1.807, 2.05) is 24.3 Å². The average molecular weight is 350 g/mol. The molecule has 0 bridgehead atoms. The molecule has 120 valence electrons. The predicted octanol–water partition coefficient (Wildman–Crippen LogP) is 4.89. The molecule has 2 aromatic rings. The highest BCUT2D eigenvalue weighted by atomic mass is 35.5. The van der Waals surface area contributed by atoms with Gasteiger partial charge in [-0.1, -0.05) is 49.2 Å². The number of amides is 1. The smallest absolute Gasteiger partial charge is 0.259 e. The minimum atomic E-state index is -0.492. The quantitative estimate of drug-likeness (QED) is 0.545. The summed E-state index contributed by atoms with van der Waals surface area (Å²) in [6, 6.07) is 12.3. The van der Waals surface area contributed by atoms with Gasteiger partial charge >= 0.3 is 0 Å². The summed E-state index contributed by atoms with van der Waals surface area (Å²) < 4.78 is 0. The van der Waals surface area contributed by atoms with Crippen LogP contribution in [0.15, 0.2) is 42.5 Å². The zero-order valence-electron chi connectivity index (χ0n) is 12.8. The second-order valence-corrected chi connectivity index (χ2v) is 6.20. The second kappa shape index (κ2) is 7.49. The lowest BCUT2D eigenvalue weighted by molar-refractivity contribution is 0.0977. The summed E-state index contributed by atoms with van der Waals surface area (Å²) in [5, 5.41) is 13.8. The molecule has 6 heteroatoms. The molecule has 3 N–H and O–H groups in total. The molecule has 2 rings (SSSR count). The molecule has 0 saturated carbocycles. The summed E-state index contributed by atoms with van der Waals surface area (Å²) in [4.78, 5) is 12.1. The van der Waals surface area contributed by atoms with Crippen LogP contribution in [0.2, 0.25) is 10.0 Å². The van der Waals surface area contributed by atoms with Gasteiger partial charge in [0, 0.05) is 10.7 Å². The molecular weight excluding hydrogens is 333 g/mol. The van der Waals surface area contributed by atoms with Gasteiger partial charge in [0.2, 0.25) is 0 Å². The van der Waals surface area contributed by atoms with Crippen LogP contribution in [0.1, 0.15) is 35.7 Å². The van der Waals surface area contributed by atoms with Crippen LogP contribution in [0.5, 0.6) is 0 Å². The lowest BCUT2D eigenvalue weighted by atomic mass is 10.0. The number of hydrogen-bond acceptors (Lipinski definition) is 2. The van der Waals surface area contributed by atoms with Gasteiger partial charge < -0.3 is 5.32 Å². The summed E-state index contributed by atoms with van der Waals surface area (Å²) in [7, 11) is 0. The Bertz CT molecular complexity index is 727. The Morgan fingerprint density at radius 3 is 2.35 bits per heavy atom. The van der Waals surface area contributed by atoms with Gasteiger partial charge in [-0.25, -0.2) is 0 Å². The number of guanidine groups is 1. The third-order valence-corrected chi connectivity index (χ3v) is 3.82. The number of hydrogen-bond donors (Lipinski definition) is 3. The molecule has 0 unspecified atom stereocenters. The molecule has 23 heavy (non-hydrogen) atoms. The van der Waals surface area contributed by atoms with Gasteiger partial charge in [0.25, 0.3) is 5.91 Å². The summed E-state index contributed by atoms with van der Waals surface area (Å²) in [5.41, 5.74) is 2.15. The van der Waals surface area contributed by atoms with E-state index in [-0.39, 0.29) is 16.5 Å². The van der Waals surface area contributed by atoms with Gasteiger partial charge in [-0.15, -0.1) is 0 Å². The minimum absolute atomic E-state index is 0.136. The molecule has 0 aliphatic carbocycles. The van der Waals surface area contributed by atoms with Gasteiger partial charge in [0.05, 0.1) is 10.6 Å². The topological polar surface area (TPSA) is 65.0 Å². The van der Waals surface area contributed by atoms with Crippen LogP contribution >= 0.6 is 23.2 Å². The summed E-state index contributed by atoms with van der Waals surface area (Å²) in [6.45, 7) is 4.22. The van der Waals surface area contributed by atoms with Gasteiger partial charge in [-0.05, 0) is 41.8 Å². The van der Waals surface area contributed by atoms with Crippen molar-refractivity contribution in [2.45, 2.75) is 19.8 Å². The van der Waals surface area contributed by atoms with E-state index in [4.69, 9.17) is 28.6 Å². The molecule has 0 atom stereocenters. The standard InChI is InChI=1S/C17H17Cl2N3O/c1-10(2)11-3-6-13(7-4-11)21-17(20)22-16(23)14-9-12(18)5-8-15(14)19/h3-10H,1-2H3,(H3,20,21,22,23). The molecule has 0 aliphatic rings. The van der Waals surface area contributed by atoms with Crippen LogP contribution < -0.4 is 10.6 Å². The van der Waals surface area contributed by atoms with Crippen molar-refractivity contribution in [2.75, 3.05) is 5.32 Å². The molecule has 0 radical (unpaired) electrons. The summed E-state index contributed by atoms with van der Waals surface area (Å²) in [6.07, 6.45) is 0. The van der Waals surface area contributed by atoms with Crippen molar-refractivity contribution in [3.8, 4) is 0 Å². The minimum Gasteiger partial charge on any atom is -0.326 e. The normalized spacial score (nSPS) is 10.5. The predicted molar refractivity (Wildman–Crippen MR) is 95.8 cm³/mol. The second-order valence-electron chi connectivity index (χ2n) is 5.36. The Hall–Kier alpha value is -2.04. The zero-order chi connectivity index (χ0) is 17.0. The van der Waals surface area contributed by atoms with Crippen LogP contribution in [0, 0.1) is 5.41 Å². The van der Waals surface area contributed by atoms with E-state index in [9.17, 15) is 4.79 Å². The van der Waals surface area contributed by atoms with Crippen LogP contribution in [-0.4, -0.2) is 11.9 Å². The van der Waals surface area contributed by atoms with E-state index in [2.05, 4.69) is 24.5 Å². The third kappa shape index (κ3) is 4.71. The van der Waals surface area contributed by atoms with E-state index in [1.165, 1.54) is 11.6 Å². The largest absolute Gasteiger partial charge is 0.326 e. The Kier molecular flexibility index (Phi) is 5.64. The van der Waals surface area contributed by atoms with Crippen molar-refractivity contribution in [2.24, 2.45) is 0 Å². The van der Waals surface area contributed by atoms with Gasteiger partial charge in [-0.2, -0.15) is 0 Å². The molecule has 0 saturated heterocycles. The van der Waals surface area contributed by atoms with Crippen molar-refractivity contribution in [1.82, 2.24) is 5.32 Å². The van der Waals surface area contributed by atoms with E-state index in [1.54, 1.807) is 12.1 Å². The first kappa shape index (κ1) is 17.3. The summed E-state index contributed by atoms with van der Waals surface area (Å²) in [5.74, 6) is -0.190. The van der Waals surface area contributed by atoms with Crippen molar-refractivity contribution >= 4 is 40.8 Å². The van der Waals surface area contributed by atoms with Crippen LogP contribution in [0.3, 0.4) is 0 Å². The lowest BCUT2D eigenvalue weighted by Gasteiger charge is -2.11. The third-order valence-electron chi connectivity index (χ3n) is 3.26. The van der Waals surface area contributed by atoms with Crippen molar-refractivity contribution in [1.29, 1.82) is 5.41 Å². The Morgan fingerprint density at radius 1 is 1.09 bits per heavy atom. The maximum Gasteiger partial charge on any atom is 0.259 e. The van der Waals surface area contributed by atoms with Crippen LogP contribution in [-0.2, 0) is 0 Å². The maximum atomic E-state index is 12.1. The number of anilines is 1. The molecule has 2 aromatic carbocycles. The Balaban J connectivity index is 2.01. The fourth-order valence-corrected chi connectivity index (χ4v) is 2.35. The highest BCUT2D eigenvalue weighted by Crippen LogP contribution is 2.20. The molecule has 0 aromatic heterocycles. The number of nitrogens with one attached hydrogen (secondary N) is 3. The van der Waals surface area contributed by atoms with Crippen molar-refractivity contribution < 1.29 is 4.79 Å². The number of rotatable bonds is 3. The first-order chi connectivity index (χ1) is 10.9. The fourth-order valence-electron chi connectivity index (χ4n) is 1.98. The van der Waals surface area contributed by atoms with E-state index in [0.29, 0.717) is 10.9 Å². The molecule has 4 nitrogen and oxygen atoms in total. The number of halogens is 2. The Labute approximate surface area is 145 Å². The van der Waals surface area contributed by atoms with Crippen molar-refractivity contribution in [3.05, 3.63) is 63.6 Å². The van der Waals surface area contributed by atoms with Gasteiger partial charge in [-0.3, -0.25) is 15.5 Å². The van der Waals surface area contributed by atoms with E-state index in [0.717, 1.165) is 5.69 Å². The molecule has 0 heterocycles. The highest BCUT2D eigenvalue weighted by Gasteiger charge is 2.12. The number of benzene rings is 2. The number of carbonyl (C=O) groups excluding carboxylic acids is 1. The maximum absolute atomic E-state index is 12.1. The monoisotopic (exact) mass is 349 g/mol. The highest BCUT2D eigenvalue weighted by molar-refractivity contribution is 6.36. The molecule has 0 fully saturated rings. The Morgan fingerprint density at radius 2 is 1.74 bits per heavy atom. The van der Waals surface area contributed by atoms with Gasteiger partial charge in [0.15, 0.2) is 5.96 Å². The fraction of sp³-hybridized carbons (Fsp3) is 0.176. The first-order valence-electron chi connectivity index (χ1n) is 7.08. The number of carbonyl (C=O) groups is 1. The van der Waals surface area contributed by atoms with E-state index < -0.39 is 5.91 Å². The van der Waals surface area contributed by atoms with Crippen LogP contribution in [0.4, 0.5) is 5.69 Å². The van der Waals surface area contributed by atoms with Gasteiger partial charge in [0.1, 0.15) is 0 Å². The van der Waals surface area contributed by atoms with E-state index >= 15 is 0 Å². The SMILES string of the molecule is CC(C)c1ccc(NC(=N)NC(=O)c2cc(Cl)ccc2Cl)cc1. The molecule has 0 spiro atoms. The summed E-state index contributed by atoms with van der Waals surface area (Å²) >= 11 is 11.8. The zero-order valence-corrected chi connectivity index (χ0v) is 14.3. The molecule has 0 aliphatic heterocycles. The lowest BCUT2D eigenvalue weighted by Crippen LogP contribution is -2.35. The van der Waals surface area contributed by atoms with Crippen LogP contribution in [0.25, 0.3) is 0 Å². The average Bonchev–Trinajstić information content (AvgIpc) is 2.50. The molecular formula is C17H17Cl2N3O. The molecule has 1 amide bonds. The first-order valence-corrected chi connectivity index (χ1v) is 7.84.